The molecule has 0 fully saturated rings. The highest BCUT2D eigenvalue weighted by atomic mass is 16.5. The molecule has 2 rings (SSSR count). The van der Waals surface area contributed by atoms with E-state index in [2.05, 4.69) is 0 Å². The lowest BCUT2D eigenvalue weighted by atomic mass is 10.0. The van der Waals surface area contributed by atoms with Crippen molar-refractivity contribution in [2.45, 2.75) is 6.42 Å². The van der Waals surface area contributed by atoms with Gasteiger partial charge in [-0.25, -0.2) is 0 Å². The summed E-state index contributed by atoms with van der Waals surface area (Å²) in [5, 5.41) is 0. The molecule has 0 bridgehead atoms. The van der Waals surface area contributed by atoms with Gasteiger partial charge in [-0.2, -0.15) is 0 Å². The second-order valence-corrected chi connectivity index (χ2v) is 4.14. The topological polar surface area (TPSA) is 35.5 Å². The quantitative estimate of drug-likeness (QED) is 0.771. The molecular weight excluding hydrogens is 240 g/mol. The van der Waals surface area contributed by atoms with Crippen molar-refractivity contribution >= 4 is 5.78 Å². The number of ether oxygens (including phenoxy) is 2. The Morgan fingerprint density at radius 1 is 1.00 bits per heavy atom. The van der Waals surface area contributed by atoms with E-state index in [1.807, 2.05) is 36.4 Å². The van der Waals surface area contributed by atoms with Crippen LogP contribution in [0.3, 0.4) is 0 Å². The third kappa shape index (κ3) is 3.13. The molecule has 0 saturated carbocycles. The minimum absolute atomic E-state index is 0.0448. The number of Topliss-reactive ketones (excluding diaryl/α,β-unsaturated/α-hetero) is 1. The van der Waals surface area contributed by atoms with Gasteiger partial charge in [0.25, 0.3) is 0 Å². The Morgan fingerprint density at radius 3 is 2.53 bits per heavy atom. The first-order chi connectivity index (χ1) is 9.24. The fourth-order valence-electron chi connectivity index (χ4n) is 1.92. The van der Waals surface area contributed by atoms with Gasteiger partial charge in [0.15, 0.2) is 5.78 Å². The summed E-state index contributed by atoms with van der Waals surface area (Å²) in [5.41, 5.74) is 1.53. The number of methoxy groups -OCH3 is 2. The molecular formula is C16H16O3. The van der Waals surface area contributed by atoms with Crippen LogP contribution in [0.1, 0.15) is 15.9 Å². The minimum Gasteiger partial charge on any atom is -0.497 e. The first kappa shape index (κ1) is 13.1. The van der Waals surface area contributed by atoms with Crippen LogP contribution in [0.4, 0.5) is 0 Å². The first-order valence-corrected chi connectivity index (χ1v) is 6.03. The fraction of sp³-hybridized carbons (Fsp3) is 0.188. The number of para-hydroxylation sites is 1. The van der Waals surface area contributed by atoms with E-state index in [9.17, 15) is 4.79 Å². The fourth-order valence-corrected chi connectivity index (χ4v) is 1.92. The van der Waals surface area contributed by atoms with Crippen LogP contribution in [-0.2, 0) is 6.42 Å². The van der Waals surface area contributed by atoms with Gasteiger partial charge < -0.3 is 9.47 Å². The molecule has 0 atom stereocenters. The normalized spacial score (nSPS) is 10.0. The maximum atomic E-state index is 12.2. The lowest BCUT2D eigenvalue weighted by Crippen LogP contribution is -2.05. The molecule has 98 valence electrons. The molecule has 0 aromatic heterocycles. The molecule has 0 N–H and O–H groups in total. The van der Waals surface area contributed by atoms with Crippen LogP contribution in [0.5, 0.6) is 11.5 Å². The maximum absolute atomic E-state index is 12.2. The van der Waals surface area contributed by atoms with Crippen LogP contribution in [0.15, 0.2) is 48.5 Å². The molecule has 0 aliphatic rings. The standard InChI is InChI=1S/C16H16O3/c1-18-14-8-5-7-12(10-14)15(17)11-13-6-3-4-9-16(13)19-2/h3-10H,11H2,1-2H3. The van der Waals surface area contributed by atoms with Crippen LogP contribution >= 0.6 is 0 Å². The predicted octanol–water partition coefficient (Wildman–Crippen LogP) is 3.13. The van der Waals surface area contributed by atoms with E-state index < -0.39 is 0 Å². The molecule has 0 aliphatic carbocycles. The molecule has 2 aromatic rings. The lowest BCUT2D eigenvalue weighted by molar-refractivity contribution is 0.0991. The Hall–Kier alpha value is -2.29. The molecule has 0 radical (unpaired) electrons. The van der Waals surface area contributed by atoms with Gasteiger partial charge in [0.1, 0.15) is 11.5 Å². The van der Waals surface area contributed by atoms with Crippen molar-refractivity contribution in [2.75, 3.05) is 14.2 Å². The molecule has 0 heterocycles. The highest BCUT2D eigenvalue weighted by Crippen LogP contribution is 2.20. The second-order valence-electron chi connectivity index (χ2n) is 4.14. The van der Waals surface area contributed by atoms with Crippen LogP contribution < -0.4 is 9.47 Å². The van der Waals surface area contributed by atoms with Gasteiger partial charge in [-0.15, -0.1) is 0 Å². The number of carbonyl (C=O) groups excluding carboxylic acids is 1. The second kappa shape index (κ2) is 6.05. The molecule has 3 nitrogen and oxygen atoms in total. The number of rotatable bonds is 5. The average Bonchev–Trinajstić information content (AvgIpc) is 2.47. The van der Waals surface area contributed by atoms with Crippen molar-refractivity contribution in [1.82, 2.24) is 0 Å². The Labute approximate surface area is 112 Å². The van der Waals surface area contributed by atoms with Crippen molar-refractivity contribution in [3.63, 3.8) is 0 Å². The maximum Gasteiger partial charge on any atom is 0.167 e. The summed E-state index contributed by atoms with van der Waals surface area (Å²) in [6.07, 6.45) is 0.317. The Kier molecular flexibility index (Phi) is 4.18. The largest absolute Gasteiger partial charge is 0.497 e. The highest BCUT2D eigenvalue weighted by molar-refractivity contribution is 5.98. The van der Waals surface area contributed by atoms with Crippen molar-refractivity contribution in [2.24, 2.45) is 0 Å². The zero-order valence-corrected chi connectivity index (χ0v) is 11.1. The van der Waals surface area contributed by atoms with Gasteiger partial charge in [-0.3, -0.25) is 4.79 Å². The molecule has 0 saturated heterocycles. The van der Waals surface area contributed by atoms with Crippen molar-refractivity contribution in [3.05, 3.63) is 59.7 Å². The SMILES string of the molecule is COc1cccc(C(=O)Cc2ccccc2OC)c1. The summed E-state index contributed by atoms with van der Waals surface area (Å²) >= 11 is 0. The average molecular weight is 256 g/mol. The van der Waals surface area contributed by atoms with Gasteiger partial charge in [0.05, 0.1) is 14.2 Å². The third-order valence-electron chi connectivity index (χ3n) is 2.94. The first-order valence-electron chi connectivity index (χ1n) is 6.03. The Morgan fingerprint density at radius 2 is 1.79 bits per heavy atom. The monoisotopic (exact) mass is 256 g/mol. The molecule has 2 aromatic carbocycles. The van der Waals surface area contributed by atoms with Crippen LogP contribution in [-0.4, -0.2) is 20.0 Å². The molecule has 0 amide bonds. The third-order valence-corrected chi connectivity index (χ3v) is 2.94. The number of hydrogen-bond donors (Lipinski definition) is 0. The minimum atomic E-state index is 0.0448. The summed E-state index contributed by atoms with van der Waals surface area (Å²) in [5.74, 6) is 1.47. The number of carbonyl (C=O) groups is 1. The van der Waals surface area contributed by atoms with Crippen molar-refractivity contribution < 1.29 is 14.3 Å². The predicted molar refractivity (Wildman–Crippen MR) is 74.0 cm³/mol. The highest BCUT2D eigenvalue weighted by Gasteiger charge is 2.11. The molecule has 0 unspecified atom stereocenters. The summed E-state index contributed by atoms with van der Waals surface area (Å²) < 4.78 is 10.4. The van der Waals surface area contributed by atoms with Crippen LogP contribution in [0, 0.1) is 0 Å². The van der Waals surface area contributed by atoms with E-state index in [0.717, 1.165) is 11.3 Å². The van der Waals surface area contributed by atoms with Crippen molar-refractivity contribution in [1.29, 1.82) is 0 Å². The molecule has 3 heteroatoms. The zero-order valence-electron chi connectivity index (χ0n) is 11.1. The lowest BCUT2D eigenvalue weighted by Gasteiger charge is -2.08. The summed E-state index contributed by atoms with van der Waals surface area (Å²) in [6, 6.07) is 14.7. The van der Waals surface area contributed by atoms with E-state index in [-0.39, 0.29) is 5.78 Å². The van der Waals surface area contributed by atoms with E-state index >= 15 is 0 Å². The molecule has 0 spiro atoms. The van der Waals surface area contributed by atoms with E-state index in [4.69, 9.17) is 9.47 Å². The summed E-state index contributed by atoms with van der Waals surface area (Å²) in [4.78, 5) is 12.2. The molecule has 0 aliphatic heterocycles. The van der Waals surface area contributed by atoms with Gasteiger partial charge in [0.2, 0.25) is 0 Å². The number of ketones is 1. The number of benzene rings is 2. The van der Waals surface area contributed by atoms with Gasteiger partial charge in [-0.1, -0.05) is 30.3 Å². The molecule has 19 heavy (non-hydrogen) atoms. The Balaban J connectivity index is 2.20. The van der Waals surface area contributed by atoms with E-state index in [1.165, 1.54) is 0 Å². The number of hydrogen-bond acceptors (Lipinski definition) is 3. The Bertz CT molecular complexity index is 576. The van der Waals surface area contributed by atoms with Gasteiger partial charge in [0, 0.05) is 17.5 Å². The zero-order chi connectivity index (χ0) is 13.7. The van der Waals surface area contributed by atoms with Gasteiger partial charge in [-0.05, 0) is 18.2 Å². The smallest absolute Gasteiger partial charge is 0.167 e. The van der Waals surface area contributed by atoms with Crippen LogP contribution in [0.2, 0.25) is 0 Å². The van der Waals surface area contributed by atoms with E-state index in [1.54, 1.807) is 26.4 Å². The van der Waals surface area contributed by atoms with E-state index in [0.29, 0.717) is 17.7 Å². The summed E-state index contributed by atoms with van der Waals surface area (Å²) in [6.45, 7) is 0. The van der Waals surface area contributed by atoms with Crippen LogP contribution in [0.25, 0.3) is 0 Å². The van der Waals surface area contributed by atoms with Crippen molar-refractivity contribution in [3.8, 4) is 11.5 Å². The van der Waals surface area contributed by atoms with Gasteiger partial charge >= 0.3 is 0 Å². The summed E-state index contributed by atoms with van der Waals surface area (Å²) in [7, 11) is 3.19.